The first-order chi connectivity index (χ1) is 7.02. The van der Waals surface area contributed by atoms with Gasteiger partial charge in [-0.3, -0.25) is 5.32 Å². The minimum Gasteiger partial charge on any atom is -0.300 e. The number of hydrogen-bond acceptors (Lipinski definition) is 2. The summed E-state index contributed by atoms with van der Waals surface area (Å²) in [5.74, 6) is 2.83. The van der Waals surface area contributed by atoms with Crippen molar-refractivity contribution in [3.05, 3.63) is 0 Å². The van der Waals surface area contributed by atoms with Crippen molar-refractivity contribution in [1.82, 2.24) is 10.2 Å². The van der Waals surface area contributed by atoms with Crippen LogP contribution in [0.5, 0.6) is 0 Å². The van der Waals surface area contributed by atoms with Gasteiger partial charge in [-0.15, -0.1) is 6.42 Å². The number of hydrogen-bond donors (Lipinski definition) is 1. The zero-order chi connectivity index (χ0) is 11.1. The highest BCUT2D eigenvalue weighted by molar-refractivity contribution is 5.09. The summed E-state index contributed by atoms with van der Waals surface area (Å²) in [4.78, 5) is 2.56. The highest BCUT2D eigenvalue weighted by Crippen LogP contribution is 2.34. The molecule has 0 radical (unpaired) electrons. The fourth-order valence-electron chi connectivity index (χ4n) is 3.08. The number of rotatable bonds is 2. The van der Waals surface area contributed by atoms with Crippen molar-refractivity contribution in [2.45, 2.75) is 63.2 Å². The molecule has 2 bridgehead atoms. The van der Waals surface area contributed by atoms with E-state index in [9.17, 15) is 0 Å². The molecule has 2 aliphatic rings. The van der Waals surface area contributed by atoms with Crippen LogP contribution in [-0.4, -0.2) is 35.6 Å². The Bertz CT molecular complexity index is 263. The van der Waals surface area contributed by atoms with Crippen molar-refractivity contribution in [1.29, 1.82) is 0 Å². The third-order valence-corrected chi connectivity index (χ3v) is 4.02. The number of piperidine rings is 1. The van der Waals surface area contributed by atoms with Crippen LogP contribution in [0.4, 0.5) is 0 Å². The van der Waals surface area contributed by atoms with Gasteiger partial charge < -0.3 is 4.90 Å². The van der Waals surface area contributed by atoms with Crippen LogP contribution in [0.2, 0.25) is 0 Å². The smallest absolute Gasteiger partial charge is 0.0743 e. The standard InChI is InChI=1S/C13H22N2/c1-5-13(2,3)14-10-8-11-6-7-12(9-10)15(11)4/h1,10-12,14H,6-9H2,2-4H3. The van der Waals surface area contributed by atoms with Crippen LogP contribution in [0, 0.1) is 12.3 Å². The lowest BCUT2D eigenvalue weighted by Crippen LogP contribution is -2.52. The van der Waals surface area contributed by atoms with Gasteiger partial charge in [0.1, 0.15) is 0 Å². The average molecular weight is 206 g/mol. The summed E-state index contributed by atoms with van der Waals surface area (Å²) in [6, 6.07) is 2.19. The summed E-state index contributed by atoms with van der Waals surface area (Å²) in [6.07, 6.45) is 10.8. The lowest BCUT2D eigenvalue weighted by molar-refractivity contribution is 0.140. The lowest BCUT2D eigenvalue weighted by atomic mass is 9.95. The molecule has 1 N–H and O–H groups in total. The first-order valence-electron chi connectivity index (χ1n) is 5.99. The molecule has 2 fully saturated rings. The van der Waals surface area contributed by atoms with Crippen LogP contribution in [0.25, 0.3) is 0 Å². The Morgan fingerprint density at radius 2 is 1.80 bits per heavy atom. The molecule has 0 aromatic carbocycles. The summed E-state index contributed by atoms with van der Waals surface area (Å²) in [6.45, 7) is 4.18. The molecule has 2 heteroatoms. The van der Waals surface area contributed by atoms with E-state index in [0.29, 0.717) is 6.04 Å². The van der Waals surface area contributed by atoms with Crippen LogP contribution in [0.3, 0.4) is 0 Å². The predicted molar refractivity (Wildman–Crippen MR) is 63.6 cm³/mol. The van der Waals surface area contributed by atoms with Crippen molar-refractivity contribution in [3.63, 3.8) is 0 Å². The number of terminal acetylenes is 1. The van der Waals surface area contributed by atoms with Gasteiger partial charge in [0.15, 0.2) is 0 Å². The summed E-state index contributed by atoms with van der Waals surface area (Å²) >= 11 is 0. The van der Waals surface area contributed by atoms with Crippen LogP contribution in [-0.2, 0) is 0 Å². The first-order valence-corrected chi connectivity index (χ1v) is 5.99. The van der Waals surface area contributed by atoms with Gasteiger partial charge in [0, 0.05) is 18.1 Å². The molecule has 2 atom stereocenters. The Morgan fingerprint density at radius 3 is 2.27 bits per heavy atom. The molecule has 2 saturated heterocycles. The van der Waals surface area contributed by atoms with Gasteiger partial charge in [-0.25, -0.2) is 0 Å². The van der Waals surface area contributed by atoms with E-state index >= 15 is 0 Å². The third-order valence-electron chi connectivity index (χ3n) is 4.02. The average Bonchev–Trinajstić information content (AvgIpc) is 2.40. The van der Waals surface area contributed by atoms with Gasteiger partial charge in [0.05, 0.1) is 5.54 Å². The SMILES string of the molecule is C#CC(C)(C)NC1CC2CCC(C1)N2C. The molecule has 2 unspecified atom stereocenters. The van der Waals surface area contributed by atoms with E-state index in [4.69, 9.17) is 6.42 Å². The van der Waals surface area contributed by atoms with Crippen molar-refractivity contribution >= 4 is 0 Å². The molecule has 0 aromatic heterocycles. The summed E-state index contributed by atoms with van der Waals surface area (Å²) in [7, 11) is 2.27. The second-order valence-electron chi connectivity index (χ2n) is 5.63. The number of nitrogens with zero attached hydrogens (tertiary/aromatic N) is 1. The normalized spacial score (nSPS) is 36.5. The number of fused-ring (bicyclic) bond motifs is 2. The molecule has 84 valence electrons. The molecule has 2 nitrogen and oxygen atoms in total. The van der Waals surface area contributed by atoms with Gasteiger partial charge in [0.2, 0.25) is 0 Å². The zero-order valence-corrected chi connectivity index (χ0v) is 10.1. The molecule has 15 heavy (non-hydrogen) atoms. The Balaban J connectivity index is 1.95. The molecule has 2 rings (SSSR count). The Labute approximate surface area is 93.4 Å². The molecule has 0 aromatic rings. The highest BCUT2D eigenvalue weighted by Gasteiger charge is 2.39. The predicted octanol–water partition coefficient (Wildman–Crippen LogP) is 1.61. The number of nitrogens with one attached hydrogen (secondary N) is 1. The minimum absolute atomic E-state index is 0.153. The Kier molecular flexibility index (Phi) is 2.79. The first kappa shape index (κ1) is 11.0. The summed E-state index contributed by atoms with van der Waals surface area (Å²) in [5.41, 5.74) is -0.153. The van der Waals surface area contributed by atoms with Crippen molar-refractivity contribution in [2.24, 2.45) is 0 Å². The van der Waals surface area contributed by atoms with Crippen molar-refractivity contribution in [2.75, 3.05) is 7.05 Å². The summed E-state index contributed by atoms with van der Waals surface area (Å²) in [5, 5.41) is 3.60. The largest absolute Gasteiger partial charge is 0.300 e. The van der Waals surface area contributed by atoms with E-state index in [2.05, 4.69) is 37.0 Å². The van der Waals surface area contributed by atoms with E-state index < -0.39 is 0 Å². The molecule has 0 saturated carbocycles. The van der Waals surface area contributed by atoms with Gasteiger partial charge >= 0.3 is 0 Å². The van der Waals surface area contributed by atoms with Crippen LogP contribution < -0.4 is 5.32 Å². The summed E-state index contributed by atoms with van der Waals surface area (Å²) < 4.78 is 0. The highest BCUT2D eigenvalue weighted by atomic mass is 15.2. The van der Waals surface area contributed by atoms with Gasteiger partial charge in [-0.1, -0.05) is 5.92 Å². The molecule has 2 heterocycles. The van der Waals surface area contributed by atoms with Crippen LogP contribution in [0.15, 0.2) is 0 Å². The van der Waals surface area contributed by atoms with Crippen LogP contribution >= 0.6 is 0 Å². The Hall–Kier alpha value is -0.520. The zero-order valence-electron chi connectivity index (χ0n) is 10.1. The van der Waals surface area contributed by atoms with Gasteiger partial charge in [0.25, 0.3) is 0 Å². The monoisotopic (exact) mass is 206 g/mol. The second-order valence-corrected chi connectivity index (χ2v) is 5.63. The molecule has 0 amide bonds. The van der Waals surface area contributed by atoms with E-state index in [1.54, 1.807) is 0 Å². The molecule has 0 aliphatic carbocycles. The molecular formula is C13H22N2. The van der Waals surface area contributed by atoms with Crippen LogP contribution in [0.1, 0.15) is 39.5 Å². The molecule has 0 spiro atoms. The van der Waals surface area contributed by atoms with E-state index in [1.807, 2.05) is 0 Å². The lowest BCUT2D eigenvalue weighted by Gasteiger charge is -2.39. The molecule has 2 aliphatic heterocycles. The minimum atomic E-state index is -0.153. The maximum atomic E-state index is 5.51. The van der Waals surface area contributed by atoms with E-state index in [1.165, 1.54) is 25.7 Å². The van der Waals surface area contributed by atoms with Crippen molar-refractivity contribution in [3.8, 4) is 12.3 Å². The molecular weight excluding hydrogens is 184 g/mol. The topological polar surface area (TPSA) is 15.3 Å². The maximum absolute atomic E-state index is 5.51. The second kappa shape index (κ2) is 3.81. The maximum Gasteiger partial charge on any atom is 0.0743 e. The van der Waals surface area contributed by atoms with E-state index in [-0.39, 0.29) is 5.54 Å². The van der Waals surface area contributed by atoms with E-state index in [0.717, 1.165) is 12.1 Å². The van der Waals surface area contributed by atoms with Gasteiger partial charge in [-0.05, 0) is 46.6 Å². The van der Waals surface area contributed by atoms with Gasteiger partial charge in [-0.2, -0.15) is 0 Å². The fraction of sp³-hybridized carbons (Fsp3) is 0.846. The third kappa shape index (κ3) is 2.19. The quantitative estimate of drug-likeness (QED) is 0.691. The van der Waals surface area contributed by atoms with Crippen molar-refractivity contribution < 1.29 is 0 Å². The Morgan fingerprint density at radius 1 is 1.27 bits per heavy atom. The fourth-order valence-corrected chi connectivity index (χ4v) is 3.08.